The Morgan fingerprint density at radius 1 is 0.877 bits per heavy atom. The molecule has 6 fully saturated rings. The second kappa shape index (κ2) is 18.3. The summed E-state index contributed by atoms with van der Waals surface area (Å²) in [6.07, 6.45) is 7.84. The molecule has 5 aliphatic heterocycles. The molecule has 384 valence electrons. The number of nitrogens with zero attached hydrogens (tertiary/aromatic N) is 9. The smallest absolute Gasteiger partial charge is 0.329 e. The number of hydrogen-bond acceptors (Lipinski definition) is 13. The normalized spacial score (nSPS) is 23.4. The lowest BCUT2D eigenvalue weighted by Gasteiger charge is -2.48. The predicted molar refractivity (Wildman–Crippen MR) is 270 cm³/mol. The van der Waals surface area contributed by atoms with E-state index in [1.54, 1.807) is 29.9 Å². The minimum absolute atomic E-state index is 0.0283. The van der Waals surface area contributed by atoms with Crippen molar-refractivity contribution in [2.24, 2.45) is 12.5 Å². The van der Waals surface area contributed by atoms with Gasteiger partial charge in [0.05, 0.1) is 35.2 Å². The fourth-order valence-corrected chi connectivity index (χ4v) is 12.4. The van der Waals surface area contributed by atoms with Gasteiger partial charge in [-0.05, 0) is 104 Å². The number of halogens is 3. The molecule has 0 radical (unpaired) electrons. The van der Waals surface area contributed by atoms with Crippen LogP contribution in [0.5, 0.6) is 11.8 Å². The number of piperazine rings is 1. The van der Waals surface area contributed by atoms with E-state index in [1.165, 1.54) is 16.7 Å². The van der Waals surface area contributed by atoms with Gasteiger partial charge in [0, 0.05) is 108 Å². The van der Waals surface area contributed by atoms with E-state index in [1.807, 2.05) is 25.1 Å². The van der Waals surface area contributed by atoms with E-state index in [0.29, 0.717) is 130 Å². The average Bonchev–Trinajstić information content (AvgIpc) is 4.10. The summed E-state index contributed by atoms with van der Waals surface area (Å²) < 4.78 is 64.7. The SMILES string of the molecule is CCc1c(F)ccc2cc(O)cc(-c3ncc4c(N5CCC[C@]6(CCO6)C5)nc(OCC5(CN6CCC(F)(CN7CCN(c8ccc9c(c8)n(C)c(=O)n9C8CCC(=O)NC8=O)CC7)CC6)CC5)nc4c3F)c12. The van der Waals surface area contributed by atoms with Gasteiger partial charge in [-0.2, -0.15) is 9.97 Å². The van der Waals surface area contributed by atoms with Crippen molar-refractivity contribution < 1.29 is 37.3 Å². The van der Waals surface area contributed by atoms with Gasteiger partial charge in [-0.15, -0.1) is 0 Å². The lowest BCUT2D eigenvalue weighted by molar-refractivity contribution is -0.151. The van der Waals surface area contributed by atoms with Gasteiger partial charge in [-0.1, -0.05) is 13.0 Å². The Hall–Kier alpha value is -6.31. The lowest BCUT2D eigenvalue weighted by Crippen LogP contribution is -2.56. The highest BCUT2D eigenvalue weighted by Gasteiger charge is 2.48. The number of carbonyl (C=O) groups excluding carboxylic acids is 2. The van der Waals surface area contributed by atoms with Gasteiger partial charge in [-0.3, -0.25) is 33.9 Å². The number of ether oxygens (including phenoxy) is 2. The highest BCUT2D eigenvalue weighted by Crippen LogP contribution is 2.48. The monoisotopic (exact) mass is 1000 g/mol. The molecule has 2 atom stereocenters. The highest BCUT2D eigenvalue weighted by molar-refractivity contribution is 6.02. The number of aromatic nitrogens is 5. The number of imidazole rings is 1. The average molecular weight is 1000 g/mol. The topological polar surface area (TPSA) is 163 Å². The van der Waals surface area contributed by atoms with E-state index in [2.05, 4.69) is 29.9 Å². The molecule has 5 saturated heterocycles. The molecule has 2 N–H and O–H groups in total. The highest BCUT2D eigenvalue weighted by atomic mass is 19.1. The number of piperidine rings is 3. The van der Waals surface area contributed by atoms with Crippen LogP contribution in [-0.4, -0.2) is 141 Å². The van der Waals surface area contributed by atoms with Crippen molar-refractivity contribution in [2.45, 2.75) is 88.4 Å². The molecule has 0 bridgehead atoms. The van der Waals surface area contributed by atoms with Crippen molar-refractivity contribution in [2.75, 3.05) is 88.5 Å². The van der Waals surface area contributed by atoms with E-state index in [0.717, 1.165) is 44.3 Å². The molecule has 1 aliphatic carbocycles. The third-order valence-electron chi connectivity index (χ3n) is 16.8. The van der Waals surface area contributed by atoms with Crippen LogP contribution in [0.4, 0.5) is 24.7 Å². The van der Waals surface area contributed by atoms with Crippen LogP contribution in [0, 0.1) is 17.0 Å². The van der Waals surface area contributed by atoms with Gasteiger partial charge in [-0.25, -0.2) is 18.0 Å². The number of rotatable bonds is 12. The number of anilines is 2. The van der Waals surface area contributed by atoms with Crippen molar-refractivity contribution in [3.05, 3.63) is 76.3 Å². The molecule has 16 nitrogen and oxygen atoms in total. The largest absolute Gasteiger partial charge is 0.508 e. The number of carbonyl (C=O) groups is 2. The minimum Gasteiger partial charge on any atom is -0.508 e. The quantitative estimate of drug-likeness (QED) is 0.127. The molecule has 12 rings (SSSR count). The lowest BCUT2D eigenvalue weighted by atomic mass is 9.86. The third kappa shape index (κ3) is 8.73. The third-order valence-corrected chi connectivity index (χ3v) is 16.8. The van der Waals surface area contributed by atoms with Crippen LogP contribution in [0.3, 0.4) is 0 Å². The Bertz CT molecular complexity index is 3250. The van der Waals surface area contributed by atoms with Crippen molar-refractivity contribution in [3.8, 4) is 23.0 Å². The van der Waals surface area contributed by atoms with Crippen LogP contribution in [0.1, 0.15) is 76.3 Å². The Labute approximate surface area is 420 Å². The molecule has 73 heavy (non-hydrogen) atoms. The molecule has 1 saturated carbocycles. The summed E-state index contributed by atoms with van der Waals surface area (Å²) >= 11 is 0. The maximum atomic E-state index is 17.2. The van der Waals surface area contributed by atoms with Gasteiger partial charge < -0.3 is 29.3 Å². The number of pyridine rings is 1. The van der Waals surface area contributed by atoms with Crippen molar-refractivity contribution >= 4 is 56.0 Å². The fourth-order valence-electron chi connectivity index (χ4n) is 12.4. The predicted octanol–water partition coefficient (Wildman–Crippen LogP) is 6.57. The van der Waals surface area contributed by atoms with Gasteiger partial charge in [0.2, 0.25) is 11.8 Å². The van der Waals surface area contributed by atoms with Crippen molar-refractivity contribution in [3.63, 3.8) is 0 Å². The van der Waals surface area contributed by atoms with E-state index in [-0.39, 0.29) is 64.0 Å². The molecular formula is C54H61F3N10O6. The first-order chi connectivity index (χ1) is 35.2. The summed E-state index contributed by atoms with van der Waals surface area (Å²) in [5, 5.41) is 14.6. The second-order valence-electron chi connectivity index (χ2n) is 21.6. The number of phenols is 1. The maximum Gasteiger partial charge on any atom is 0.329 e. The van der Waals surface area contributed by atoms with Gasteiger partial charge >= 0.3 is 11.7 Å². The molecule has 2 amide bonds. The number of alkyl halides is 1. The number of amides is 2. The molecule has 3 aromatic carbocycles. The second-order valence-corrected chi connectivity index (χ2v) is 21.6. The number of hydrogen-bond donors (Lipinski definition) is 2. The fraction of sp³-hybridized carbons (Fsp3) is 0.519. The van der Waals surface area contributed by atoms with Crippen LogP contribution < -0.4 is 25.5 Å². The van der Waals surface area contributed by atoms with E-state index in [4.69, 9.17) is 19.4 Å². The first-order valence-electron chi connectivity index (χ1n) is 26.0. The molecule has 19 heteroatoms. The van der Waals surface area contributed by atoms with Crippen LogP contribution in [0.15, 0.2) is 53.5 Å². The maximum absolute atomic E-state index is 17.2. The Morgan fingerprint density at radius 3 is 2.38 bits per heavy atom. The Balaban J connectivity index is 0.707. The van der Waals surface area contributed by atoms with Crippen LogP contribution in [0.25, 0.3) is 44.0 Å². The van der Waals surface area contributed by atoms with Crippen LogP contribution in [-0.2, 0) is 27.8 Å². The van der Waals surface area contributed by atoms with Gasteiger partial charge in [0.1, 0.15) is 40.3 Å². The molecule has 3 aromatic heterocycles. The van der Waals surface area contributed by atoms with Crippen LogP contribution >= 0.6 is 0 Å². The number of aryl methyl sites for hydroxylation is 2. The summed E-state index contributed by atoms with van der Waals surface area (Å²) in [6.45, 7) is 9.29. The summed E-state index contributed by atoms with van der Waals surface area (Å²) in [5.41, 5.74) is 0.888. The number of benzene rings is 3. The zero-order valence-electron chi connectivity index (χ0n) is 41.4. The summed E-state index contributed by atoms with van der Waals surface area (Å²) in [7, 11) is 1.69. The molecule has 1 spiro atoms. The molecule has 6 aromatic rings. The number of nitrogens with one attached hydrogen (secondary N) is 1. The number of aromatic hydroxyl groups is 1. The van der Waals surface area contributed by atoms with E-state index < -0.39 is 29.3 Å². The number of imide groups is 1. The molecule has 6 aliphatic rings. The summed E-state index contributed by atoms with van der Waals surface area (Å²) in [4.78, 5) is 61.0. The summed E-state index contributed by atoms with van der Waals surface area (Å²) in [5.74, 6) is -1.49. The number of fused-ring (bicyclic) bond motifs is 3. The standard InChI is InChI=1S/C54H61F3N10O6/c1-3-36-39(55)7-5-33-25-35(68)27-37(44(33)36)46-45(56)47-38(28-58-46)48(66-17-4-11-54(31-66)16-24-73-54)61-50(60-47)72-32-52(12-13-52)29-63-18-14-53(57,15-19-63)30-64-20-22-65(23-21-64)34-6-8-40-42(26-34)62(2)51(71)67(40)41-9-10-43(69)59-49(41)70/h5-8,25-28,41,68H,3-4,9-24,29-32H2,1-2H3,(H,59,69,70)/t41?,54-/m0/s1. The van der Waals surface area contributed by atoms with E-state index in [9.17, 15) is 19.5 Å². The number of phenolic OH excluding ortho intramolecular Hbond substituents is 1. The zero-order valence-corrected chi connectivity index (χ0v) is 41.4. The molecule has 8 heterocycles. The molecular weight excluding hydrogens is 942 g/mol. The molecule has 1 unspecified atom stereocenters. The number of likely N-dealkylation sites (tertiary alicyclic amines) is 1. The van der Waals surface area contributed by atoms with Gasteiger partial charge in [0.15, 0.2) is 5.82 Å². The zero-order chi connectivity index (χ0) is 50.4. The van der Waals surface area contributed by atoms with Crippen molar-refractivity contribution in [1.82, 2.24) is 39.2 Å². The van der Waals surface area contributed by atoms with E-state index >= 15 is 13.2 Å². The first-order valence-corrected chi connectivity index (χ1v) is 26.0. The Morgan fingerprint density at radius 2 is 1.66 bits per heavy atom. The van der Waals surface area contributed by atoms with Crippen LogP contribution in [0.2, 0.25) is 0 Å². The first kappa shape index (κ1) is 47.7. The summed E-state index contributed by atoms with van der Waals surface area (Å²) in [6, 6.07) is 11.0. The minimum atomic E-state index is -1.32. The van der Waals surface area contributed by atoms with Gasteiger partial charge in [0.25, 0.3) is 0 Å². The Kier molecular flexibility index (Phi) is 11.9. The van der Waals surface area contributed by atoms with Crippen molar-refractivity contribution in [1.29, 1.82) is 0 Å².